The van der Waals surface area contributed by atoms with Crippen LogP contribution >= 0.6 is 11.6 Å². The Morgan fingerprint density at radius 3 is 2.89 bits per heavy atom. The van der Waals surface area contributed by atoms with Crippen LogP contribution in [0.1, 0.15) is 25.0 Å². The summed E-state index contributed by atoms with van der Waals surface area (Å²) in [4.78, 5) is 0. The van der Waals surface area contributed by atoms with Gasteiger partial charge >= 0.3 is 0 Å². The van der Waals surface area contributed by atoms with Crippen LogP contribution in [0.5, 0.6) is 11.5 Å². The number of rotatable bonds is 4. The summed E-state index contributed by atoms with van der Waals surface area (Å²) < 4.78 is 16.8. The highest BCUT2D eigenvalue weighted by molar-refractivity contribution is 6.32. The van der Waals surface area contributed by atoms with Gasteiger partial charge in [-0.25, -0.2) is 0 Å². The molecule has 0 saturated heterocycles. The molecule has 1 aromatic rings. The first-order valence-corrected chi connectivity index (χ1v) is 6.54. The third kappa shape index (κ3) is 2.88. The van der Waals surface area contributed by atoms with Gasteiger partial charge in [0.1, 0.15) is 0 Å². The highest BCUT2D eigenvalue weighted by Crippen LogP contribution is 2.39. The summed E-state index contributed by atoms with van der Waals surface area (Å²) in [5, 5.41) is 0.544. The molecular formula is C13H18ClNO3. The van der Waals surface area contributed by atoms with Gasteiger partial charge in [-0.05, 0) is 24.6 Å². The summed E-state index contributed by atoms with van der Waals surface area (Å²) in [6, 6.07) is 3.74. The number of hydrogen-bond donors (Lipinski definition) is 1. The van der Waals surface area contributed by atoms with Gasteiger partial charge < -0.3 is 19.9 Å². The summed E-state index contributed by atoms with van der Waals surface area (Å²) in [5.41, 5.74) is 6.63. The van der Waals surface area contributed by atoms with Crippen molar-refractivity contribution in [2.24, 2.45) is 5.73 Å². The van der Waals surface area contributed by atoms with Crippen LogP contribution in [-0.4, -0.2) is 26.4 Å². The molecule has 0 saturated carbocycles. The van der Waals surface area contributed by atoms with Gasteiger partial charge in [0.05, 0.1) is 24.3 Å². The molecule has 0 amide bonds. The number of hydrogen-bond acceptors (Lipinski definition) is 4. The highest BCUT2D eigenvalue weighted by atomic mass is 35.5. The molecule has 5 heteroatoms. The predicted octanol–water partition coefficient (Wildman–Crippen LogP) is 2.54. The Kier molecular flexibility index (Phi) is 4.69. The van der Waals surface area contributed by atoms with E-state index >= 15 is 0 Å². The lowest BCUT2D eigenvalue weighted by Crippen LogP contribution is -2.16. The van der Waals surface area contributed by atoms with Gasteiger partial charge in [-0.1, -0.05) is 11.6 Å². The lowest BCUT2D eigenvalue weighted by Gasteiger charge is -2.18. The Morgan fingerprint density at radius 2 is 2.17 bits per heavy atom. The Bertz CT molecular complexity index is 411. The van der Waals surface area contributed by atoms with Crippen molar-refractivity contribution < 1.29 is 14.2 Å². The fourth-order valence-corrected chi connectivity index (χ4v) is 2.21. The first-order chi connectivity index (χ1) is 8.76. The second kappa shape index (κ2) is 6.27. The molecule has 0 bridgehead atoms. The van der Waals surface area contributed by atoms with Gasteiger partial charge in [0, 0.05) is 19.6 Å². The minimum atomic E-state index is -0.162. The average Bonchev–Trinajstić information content (AvgIpc) is 2.61. The van der Waals surface area contributed by atoms with Crippen LogP contribution in [0, 0.1) is 0 Å². The monoisotopic (exact) mass is 271 g/mol. The Hall–Kier alpha value is -0.970. The number of ether oxygens (including phenoxy) is 3. The van der Waals surface area contributed by atoms with E-state index in [4.69, 9.17) is 31.5 Å². The van der Waals surface area contributed by atoms with Crippen molar-refractivity contribution in [3.8, 4) is 11.5 Å². The number of fused-ring (bicyclic) bond motifs is 1. The zero-order valence-electron chi connectivity index (χ0n) is 10.4. The maximum Gasteiger partial charge on any atom is 0.179 e. The molecule has 4 nitrogen and oxygen atoms in total. The smallest absolute Gasteiger partial charge is 0.179 e. The third-order valence-electron chi connectivity index (χ3n) is 2.78. The topological polar surface area (TPSA) is 53.7 Å². The van der Waals surface area contributed by atoms with Gasteiger partial charge in [0.25, 0.3) is 0 Å². The summed E-state index contributed by atoms with van der Waals surface area (Å²) in [5.74, 6) is 1.29. The lowest BCUT2D eigenvalue weighted by molar-refractivity contribution is 0.0686. The van der Waals surface area contributed by atoms with Crippen molar-refractivity contribution in [3.63, 3.8) is 0 Å². The van der Waals surface area contributed by atoms with Crippen LogP contribution in [0.3, 0.4) is 0 Å². The molecule has 1 aliphatic heterocycles. The molecule has 2 rings (SSSR count). The maximum absolute atomic E-state index is 6.22. The summed E-state index contributed by atoms with van der Waals surface area (Å²) in [6.07, 6.45) is 0.691. The van der Waals surface area contributed by atoms with E-state index in [-0.39, 0.29) is 6.10 Å². The first-order valence-electron chi connectivity index (χ1n) is 6.17. The molecule has 100 valence electrons. The van der Waals surface area contributed by atoms with Crippen LogP contribution < -0.4 is 15.2 Å². The van der Waals surface area contributed by atoms with Gasteiger partial charge in [-0.2, -0.15) is 0 Å². The Labute approximate surface area is 112 Å². The molecule has 0 aliphatic carbocycles. The SMILES string of the molecule is CCOC(CN)c1cc(Cl)c2c(c1)OCCCO2. The van der Waals surface area contributed by atoms with Crippen molar-refractivity contribution in [1.82, 2.24) is 0 Å². The summed E-state index contributed by atoms with van der Waals surface area (Å²) >= 11 is 6.22. The summed E-state index contributed by atoms with van der Waals surface area (Å²) in [6.45, 7) is 4.21. The van der Waals surface area contributed by atoms with Crippen LogP contribution in [-0.2, 0) is 4.74 Å². The largest absolute Gasteiger partial charge is 0.489 e. The van der Waals surface area contributed by atoms with Crippen molar-refractivity contribution >= 4 is 11.6 Å². The van der Waals surface area contributed by atoms with Crippen molar-refractivity contribution in [1.29, 1.82) is 0 Å². The van der Waals surface area contributed by atoms with E-state index < -0.39 is 0 Å². The van der Waals surface area contributed by atoms with E-state index in [0.717, 1.165) is 12.0 Å². The van der Waals surface area contributed by atoms with E-state index in [1.165, 1.54) is 0 Å². The van der Waals surface area contributed by atoms with Gasteiger partial charge in [-0.15, -0.1) is 0 Å². The maximum atomic E-state index is 6.22. The van der Waals surface area contributed by atoms with Crippen LogP contribution in [0.15, 0.2) is 12.1 Å². The standard InChI is InChI=1S/C13H18ClNO3/c1-2-16-12(8-15)9-6-10(14)13-11(7-9)17-4-3-5-18-13/h6-7,12H,2-5,8,15H2,1H3. The molecule has 1 atom stereocenters. The zero-order chi connectivity index (χ0) is 13.0. The minimum absolute atomic E-state index is 0.162. The molecule has 2 N–H and O–H groups in total. The number of benzene rings is 1. The molecule has 1 heterocycles. The van der Waals surface area contributed by atoms with E-state index in [2.05, 4.69) is 0 Å². The molecule has 18 heavy (non-hydrogen) atoms. The molecular weight excluding hydrogens is 254 g/mol. The highest BCUT2D eigenvalue weighted by Gasteiger charge is 2.19. The lowest BCUT2D eigenvalue weighted by atomic mass is 10.1. The molecule has 0 aromatic heterocycles. The predicted molar refractivity (Wildman–Crippen MR) is 70.5 cm³/mol. The van der Waals surface area contributed by atoms with Gasteiger partial charge in [-0.3, -0.25) is 0 Å². The second-order valence-corrected chi connectivity index (χ2v) is 4.47. The van der Waals surface area contributed by atoms with Crippen LogP contribution in [0.2, 0.25) is 5.02 Å². The molecule has 0 fully saturated rings. The molecule has 0 spiro atoms. The normalized spacial score (nSPS) is 16.2. The van der Waals surface area contributed by atoms with E-state index in [1.807, 2.05) is 19.1 Å². The van der Waals surface area contributed by atoms with Gasteiger partial charge in [0.2, 0.25) is 0 Å². The van der Waals surface area contributed by atoms with Crippen molar-refractivity contribution in [2.75, 3.05) is 26.4 Å². The fraction of sp³-hybridized carbons (Fsp3) is 0.538. The summed E-state index contributed by atoms with van der Waals surface area (Å²) in [7, 11) is 0. The first kappa shape index (κ1) is 13.5. The molecule has 1 aromatic carbocycles. The number of halogens is 1. The van der Waals surface area contributed by atoms with Crippen molar-refractivity contribution in [2.45, 2.75) is 19.4 Å². The Morgan fingerprint density at radius 1 is 1.39 bits per heavy atom. The second-order valence-electron chi connectivity index (χ2n) is 4.06. The third-order valence-corrected chi connectivity index (χ3v) is 3.06. The quantitative estimate of drug-likeness (QED) is 0.914. The van der Waals surface area contributed by atoms with E-state index in [1.54, 1.807) is 0 Å². The Balaban J connectivity index is 2.33. The molecule has 1 aliphatic rings. The van der Waals surface area contributed by atoms with Crippen LogP contribution in [0.25, 0.3) is 0 Å². The zero-order valence-corrected chi connectivity index (χ0v) is 11.2. The number of nitrogens with two attached hydrogens (primary N) is 1. The molecule has 0 radical (unpaired) electrons. The fourth-order valence-electron chi connectivity index (χ4n) is 1.94. The van der Waals surface area contributed by atoms with E-state index in [0.29, 0.717) is 42.9 Å². The van der Waals surface area contributed by atoms with Gasteiger partial charge in [0.15, 0.2) is 11.5 Å². The average molecular weight is 272 g/mol. The minimum Gasteiger partial charge on any atom is -0.489 e. The van der Waals surface area contributed by atoms with Crippen molar-refractivity contribution in [3.05, 3.63) is 22.7 Å². The molecule has 1 unspecified atom stereocenters. The van der Waals surface area contributed by atoms with Crippen LogP contribution in [0.4, 0.5) is 0 Å². The van der Waals surface area contributed by atoms with E-state index in [9.17, 15) is 0 Å².